The Kier molecular flexibility index (Phi) is 4.19. The van der Waals surface area contributed by atoms with Crippen LogP contribution in [0.15, 0.2) is 12.1 Å². The van der Waals surface area contributed by atoms with E-state index in [1.165, 1.54) is 25.7 Å². The second-order valence-electron chi connectivity index (χ2n) is 3.81. The van der Waals surface area contributed by atoms with E-state index in [9.17, 15) is 4.79 Å². The zero-order valence-corrected chi connectivity index (χ0v) is 10.5. The number of nitrogens with zero attached hydrogens (tertiary/aromatic N) is 2. The first kappa shape index (κ1) is 12.2. The first-order valence-corrected chi connectivity index (χ1v) is 6.62. The molecule has 1 unspecified atom stereocenters. The highest BCUT2D eigenvalue weighted by Gasteiger charge is 2.15. The average Bonchev–Trinajstić information content (AvgIpc) is 2.89. The number of nitrogens with one attached hydrogen (secondary N) is 1. The molecule has 0 radical (unpaired) electrons. The van der Waals surface area contributed by atoms with Crippen molar-refractivity contribution in [1.82, 2.24) is 10.2 Å². The molecular weight excluding hydrogens is 238 g/mol. The number of esters is 1. The Morgan fingerprint density at radius 1 is 1.59 bits per heavy atom. The van der Waals surface area contributed by atoms with Crippen LogP contribution in [0, 0.1) is 0 Å². The van der Waals surface area contributed by atoms with Crippen LogP contribution in [-0.2, 0) is 4.74 Å². The fraction of sp³-hybridized carbons (Fsp3) is 0.545. The fourth-order valence-corrected chi connectivity index (χ4v) is 2.86. The molecule has 6 heteroatoms. The minimum absolute atomic E-state index is 0.230. The molecule has 0 saturated carbocycles. The molecule has 1 aliphatic heterocycles. The summed E-state index contributed by atoms with van der Waals surface area (Å²) in [6, 6.07) is 3.36. The minimum Gasteiger partial charge on any atom is -0.464 e. The molecule has 17 heavy (non-hydrogen) atoms. The highest BCUT2D eigenvalue weighted by atomic mass is 32.2. The molecule has 1 aromatic rings. The van der Waals surface area contributed by atoms with Gasteiger partial charge in [0.15, 0.2) is 5.69 Å². The summed E-state index contributed by atoms with van der Waals surface area (Å²) in [6.07, 6.45) is 2.55. The van der Waals surface area contributed by atoms with E-state index in [4.69, 9.17) is 0 Å². The largest absolute Gasteiger partial charge is 0.464 e. The van der Waals surface area contributed by atoms with E-state index in [-0.39, 0.29) is 5.69 Å². The van der Waals surface area contributed by atoms with E-state index >= 15 is 0 Å². The Morgan fingerprint density at radius 3 is 3.06 bits per heavy atom. The van der Waals surface area contributed by atoms with Gasteiger partial charge in [-0.25, -0.2) is 4.79 Å². The first-order valence-electron chi connectivity index (χ1n) is 5.57. The van der Waals surface area contributed by atoms with Crippen LogP contribution in [0.4, 0.5) is 5.82 Å². The van der Waals surface area contributed by atoms with Crippen molar-refractivity contribution < 1.29 is 9.53 Å². The normalized spacial score (nSPS) is 19.0. The van der Waals surface area contributed by atoms with Crippen molar-refractivity contribution in [1.29, 1.82) is 0 Å². The van der Waals surface area contributed by atoms with Gasteiger partial charge in [0.25, 0.3) is 0 Å². The van der Waals surface area contributed by atoms with Gasteiger partial charge in [0.2, 0.25) is 0 Å². The summed E-state index contributed by atoms with van der Waals surface area (Å²) in [6.45, 7) is 0.900. The van der Waals surface area contributed by atoms with Crippen LogP contribution in [0.3, 0.4) is 0 Å². The van der Waals surface area contributed by atoms with Crippen molar-refractivity contribution in [3.63, 3.8) is 0 Å². The highest BCUT2D eigenvalue weighted by Crippen LogP contribution is 2.25. The maximum absolute atomic E-state index is 11.1. The molecular formula is C11H15N3O2S. The van der Waals surface area contributed by atoms with Crippen LogP contribution in [-0.4, -0.2) is 40.8 Å². The van der Waals surface area contributed by atoms with Gasteiger partial charge >= 0.3 is 5.97 Å². The van der Waals surface area contributed by atoms with Gasteiger partial charge in [-0.05, 0) is 30.7 Å². The Hall–Kier alpha value is -1.30. The standard InChI is InChI=1S/C11H15N3O2S/c1-16-11(15)9-4-5-10(14-13-9)12-7-8-3-2-6-17-8/h4-5,8H,2-3,6-7H2,1H3,(H,12,14). The average molecular weight is 253 g/mol. The number of carbonyl (C=O) groups is 1. The summed E-state index contributed by atoms with van der Waals surface area (Å²) < 4.78 is 4.55. The Balaban J connectivity index is 1.87. The lowest BCUT2D eigenvalue weighted by molar-refractivity contribution is 0.0593. The molecule has 1 aromatic heterocycles. The summed E-state index contributed by atoms with van der Waals surface area (Å²) in [7, 11) is 1.33. The number of rotatable bonds is 4. The number of aromatic nitrogens is 2. The number of thioether (sulfide) groups is 1. The maximum atomic E-state index is 11.1. The van der Waals surface area contributed by atoms with E-state index in [1.54, 1.807) is 12.1 Å². The van der Waals surface area contributed by atoms with Gasteiger partial charge in [-0.1, -0.05) is 0 Å². The predicted molar refractivity (Wildman–Crippen MR) is 67.3 cm³/mol. The van der Waals surface area contributed by atoms with Gasteiger partial charge in [-0.2, -0.15) is 11.8 Å². The monoisotopic (exact) mass is 253 g/mol. The van der Waals surface area contributed by atoms with Gasteiger partial charge in [0.05, 0.1) is 7.11 Å². The summed E-state index contributed by atoms with van der Waals surface area (Å²) in [4.78, 5) is 11.1. The SMILES string of the molecule is COC(=O)c1ccc(NCC2CCCS2)nn1. The van der Waals surface area contributed by atoms with Gasteiger partial charge in [-0.3, -0.25) is 0 Å². The quantitative estimate of drug-likeness (QED) is 0.822. The van der Waals surface area contributed by atoms with Gasteiger partial charge in [-0.15, -0.1) is 10.2 Å². The van der Waals surface area contributed by atoms with Crippen LogP contribution < -0.4 is 5.32 Å². The number of hydrogen-bond acceptors (Lipinski definition) is 6. The predicted octanol–water partition coefficient (Wildman–Crippen LogP) is 1.57. The van der Waals surface area contributed by atoms with Gasteiger partial charge in [0.1, 0.15) is 5.82 Å². The molecule has 1 N–H and O–H groups in total. The molecule has 0 aromatic carbocycles. The third-order valence-electron chi connectivity index (χ3n) is 2.59. The van der Waals surface area contributed by atoms with Gasteiger partial charge < -0.3 is 10.1 Å². The second kappa shape index (κ2) is 5.86. The first-order chi connectivity index (χ1) is 8.29. The van der Waals surface area contributed by atoms with E-state index < -0.39 is 5.97 Å². The van der Waals surface area contributed by atoms with Crippen LogP contribution in [0.1, 0.15) is 23.3 Å². The molecule has 2 heterocycles. The van der Waals surface area contributed by atoms with Crippen molar-refractivity contribution in [2.45, 2.75) is 18.1 Å². The topological polar surface area (TPSA) is 64.1 Å². The molecule has 0 amide bonds. The third kappa shape index (κ3) is 3.33. The van der Waals surface area contributed by atoms with Crippen LogP contribution >= 0.6 is 11.8 Å². The molecule has 92 valence electrons. The van der Waals surface area contributed by atoms with Crippen LogP contribution in [0.25, 0.3) is 0 Å². The lowest BCUT2D eigenvalue weighted by Crippen LogP contribution is -2.15. The van der Waals surface area contributed by atoms with Crippen molar-refractivity contribution in [3.05, 3.63) is 17.8 Å². The van der Waals surface area contributed by atoms with Crippen LogP contribution in [0.5, 0.6) is 0 Å². The number of anilines is 1. The zero-order chi connectivity index (χ0) is 12.1. The minimum atomic E-state index is -0.463. The molecule has 1 aliphatic rings. The van der Waals surface area contributed by atoms with E-state index in [1.807, 2.05) is 11.8 Å². The fourth-order valence-electron chi connectivity index (χ4n) is 1.66. The smallest absolute Gasteiger partial charge is 0.358 e. The highest BCUT2D eigenvalue weighted by molar-refractivity contribution is 8.00. The molecule has 1 saturated heterocycles. The van der Waals surface area contributed by atoms with Gasteiger partial charge in [0, 0.05) is 11.8 Å². The second-order valence-corrected chi connectivity index (χ2v) is 5.22. The summed E-state index contributed by atoms with van der Waals surface area (Å²) >= 11 is 1.99. The Bertz CT molecular complexity index is 377. The van der Waals surface area contributed by atoms with E-state index in [0.29, 0.717) is 11.1 Å². The number of hydrogen-bond donors (Lipinski definition) is 1. The molecule has 0 aliphatic carbocycles. The number of methoxy groups -OCH3 is 1. The molecule has 0 bridgehead atoms. The molecule has 5 nitrogen and oxygen atoms in total. The van der Waals surface area contributed by atoms with Crippen molar-refractivity contribution in [3.8, 4) is 0 Å². The number of ether oxygens (including phenoxy) is 1. The van der Waals surface area contributed by atoms with E-state index in [2.05, 4.69) is 20.3 Å². The summed E-state index contributed by atoms with van der Waals surface area (Å²) in [5.41, 5.74) is 0.230. The lowest BCUT2D eigenvalue weighted by Gasteiger charge is -2.09. The maximum Gasteiger partial charge on any atom is 0.358 e. The van der Waals surface area contributed by atoms with Crippen molar-refractivity contribution >= 4 is 23.5 Å². The van der Waals surface area contributed by atoms with E-state index in [0.717, 1.165) is 6.54 Å². The third-order valence-corrected chi connectivity index (χ3v) is 3.99. The molecule has 2 rings (SSSR count). The summed E-state index contributed by atoms with van der Waals surface area (Å²) in [5, 5.41) is 11.6. The lowest BCUT2D eigenvalue weighted by atomic mass is 10.2. The van der Waals surface area contributed by atoms with Crippen LogP contribution in [0.2, 0.25) is 0 Å². The van der Waals surface area contributed by atoms with Crippen molar-refractivity contribution in [2.75, 3.05) is 24.7 Å². The Labute approximate surface area is 104 Å². The molecule has 0 spiro atoms. The Morgan fingerprint density at radius 2 is 2.47 bits per heavy atom. The molecule has 1 fully saturated rings. The number of carbonyl (C=O) groups excluding carboxylic acids is 1. The van der Waals surface area contributed by atoms with Crippen molar-refractivity contribution in [2.24, 2.45) is 0 Å². The zero-order valence-electron chi connectivity index (χ0n) is 9.68. The summed E-state index contributed by atoms with van der Waals surface area (Å²) in [5.74, 6) is 1.49. The molecule has 1 atom stereocenters.